The van der Waals surface area contributed by atoms with Crippen molar-refractivity contribution in [1.82, 2.24) is 15.1 Å². The zero-order valence-corrected chi connectivity index (χ0v) is 11.8. The number of nitrogens with zero attached hydrogens (tertiary/aromatic N) is 2. The Kier molecular flexibility index (Phi) is 4.14. The first-order chi connectivity index (χ1) is 9.83. The molecule has 2 aromatic rings. The molecule has 0 aliphatic carbocycles. The molecule has 0 spiro atoms. The average molecular weight is 271 g/mol. The Morgan fingerprint density at radius 2 is 2.25 bits per heavy atom. The second-order valence-corrected chi connectivity index (χ2v) is 5.36. The second-order valence-electron chi connectivity index (χ2n) is 5.36. The first kappa shape index (κ1) is 13.3. The summed E-state index contributed by atoms with van der Waals surface area (Å²) in [4.78, 5) is 0. The molecule has 2 atom stereocenters. The molecule has 1 aromatic heterocycles. The monoisotopic (exact) mass is 271 g/mol. The molecule has 1 aliphatic rings. The largest absolute Gasteiger partial charge is 0.378 e. The topological polar surface area (TPSA) is 39.1 Å². The van der Waals surface area contributed by atoms with E-state index in [4.69, 9.17) is 4.74 Å². The first-order valence-electron chi connectivity index (χ1n) is 7.26. The summed E-state index contributed by atoms with van der Waals surface area (Å²) in [5, 5.41) is 7.97. The van der Waals surface area contributed by atoms with Gasteiger partial charge in [-0.2, -0.15) is 5.10 Å². The maximum Gasteiger partial charge on any atom is 0.0690 e. The van der Waals surface area contributed by atoms with Crippen LogP contribution in [0.1, 0.15) is 25.3 Å². The van der Waals surface area contributed by atoms with Gasteiger partial charge in [0.05, 0.1) is 11.8 Å². The van der Waals surface area contributed by atoms with Crippen molar-refractivity contribution < 1.29 is 4.74 Å². The third-order valence-corrected chi connectivity index (χ3v) is 3.81. The predicted molar refractivity (Wildman–Crippen MR) is 78.8 cm³/mol. The minimum absolute atomic E-state index is 0.364. The van der Waals surface area contributed by atoms with Crippen LogP contribution in [0.25, 0.3) is 5.69 Å². The standard InChI is InChI=1S/C16H21N3O/c1-13-11-15(7-10-20-13)17-12-14-5-2-3-6-16(14)19-9-4-8-18-19/h2-6,8-9,13,15,17H,7,10-12H2,1H3. The van der Waals surface area contributed by atoms with Gasteiger partial charge in [-0.25, -0.2) is 4.68 Å². The maximum atomic E-state index is 5.59. The summed E-state index contributed by atoms with van der Waals surface area (Å²) in [5.41, 5.74) is 2.42. The van der Waals surface area contributed by atoms with E-state index in [0.29, 0.717) is 12.1 Å². The fourth-order valence-electron chi connectivity index (χ4n) is 2.73. The van der Waals surface area contributed by atoms with Crippen LogP contribution in [0.2, 0.25) is 0 Å². The molecule has 106 valence electrons. The molecule has 0 bridgehead atoms. The van der Waals surface area contributed by atoms with Crippen LogP contribution in [-0.2, 0) is 11.3 Å². The molecule has 4 heteroatoms. The van der Waals surface area contributed by atoms with Gasteiger partial charge in [0.1, 0.15) is 0 Å². The van der Waals surface area contributed by atoms with Crippen LogP contribution >= 0.6 is 0 Å². The lowest BCUT2D eigenvalue weighted by molar-refractivity contribution is 0.0130. The normalized spacial score (nSPS) is 22.9. The number of hydrogen-bond donors (Lipinski definition) is 1. The van der Waals surface area contributed by atoms with Crippen molar-refractivity contribution in [3.63, 3.8) is 0 Å². The highest BCUT2D eigenvalue weighted by molar-refractivity contribution is 5.40. The highest BCUT2D eigenvalue weighted by Gasteiger charge is 2.18. The van der Waals surface area contributed by atoms with Gasteiger partial charge >= 0.3 is 0 Å². The van der Waals surface area contributed by atoms with Crippen LogP contribution in [-0.4, -0.2) is 28.5 Å². The molecule has 20 heavy (non-hydrogen) atoms. The quantitative estimate of drug-likeness (QED) is 0.928. The summed E-state index contributed by atoms with van der Waals surface area (Å²) in [6.45, 7) is 3.87. The molecule has 1 fully saturated rings. The molecular formula is C16H21N3O. The van der Waals surface area contributed by atoms with Gasteiger partial charge in [-0.3, -0.25) is 0 Å². The zero-order chi connectivity index (χ0) is 13.8. The molecule has 1 aliphatic heterocycles. The third-order valence-electron chi connectivity index (χ3n) is 3.81. The van der Waals surface area contributed by atoms with E-state index in [9.17, 15) is 0 Å². The molecule has 0 saturated carbocycles. The summed E-state index contributed by atoms with van der Waals surface area (Å²) >= 11 is 0. The summed E-state index contributed by atoms with van der Waals surface area (Å²) in [5.74, 6) is 0. The van der Waals surface area contributed by atoms with Gasteiger partial charge < -0.3 is 10.1 Å². The molecule has 0 amide bonds. The van der Waals surface area contributed by atoms with Crippen LogP contribution < -0.4 is 5.32 Å². The highest BCUT2D eigenvalue weighted by atomic mass is 16.5. The summed E-state index contributed by atoms with van der Waals surface area (Å²) in [7, 11) is 0. The van der Waals surface area contributed by atoms with Gasteiger partial charge in [-0.15, -0.1) is 0 Å². The summed E-state index contributed by atoms with van der Waals surface area (Å²) < 4.78 is 7.51. The molecule has 1 aromatic carbocycles. The summed E-state index contributed by atoms with van der Waals surface area (Å²) in [6, 6.07) is 10.9. The van der Waals surface area contributed by atoms with Crippen molar-refractivity contribution in [3.8, 4) is 5.69 Å². The number of rotatable bonds is 4. The fourth-order valence-corrected chi connectivity index (χ4v) is 2.73. The minimum Gasteiger partial charge on any atom is -0.378 e. The van der Waals surface area contributed by atoms with Crippen LogP contribution in [0, 0.1) is 0 Å². The molecule has 4 nitrogen and oxygen atoms in total. The molecule has 3 rings (SSSR count). The van der Waals surface area contributed by atoms with E-state index in [-0.39, 0.29) is 0 Å². The van der Waals surface area contributed by atoms with Crippen molar-refractivity contribution >= 4 is 0 Å². The zero-order valence-electron chi connectivity index (χ0n) is 11.8. The van der Waals surface area contributed by atoms with Crippen LogP contribution in [0.15, 0.2) is 42.7 Å². The molecule has 1 N–H and O–H groups in total. The van der Waals surface area contributed by atoms with Gasteiger partial charge in [0, 0.05) is 31.6 Å². The Morgan fingerprint density at radius 1 is 1.35 bits per heavy atom. The number of aromatic nitrogens is 2. The average Bonchev–Trinajstić information content (AvgIpc) is 3.00. The Bertz CT molecular complexity index is 538. The van der Waals surface area contributed by atoms with Gasteiger partial charge in [-0.1, -0.05) is 18.2 Å². The Balaban J connectivity index is 1.68. The van der Waals surface area contributed by atoms with E-state index >= 15 is 0 Å². The molecule has 1 saturated heterocycles. The molecule has 0 radical (unpaired) electrons. The molecular weight excluding hydrogens is 250 g/mol. The Labute approximate surface area is 119 Å². The van der Waals surface area contributed by atoms with E-state index in [1.54, 1.807) is 0 Å². The van der Waals surface area contributed by atoms with E-state index in [2.05, 4.69) is 41.6 Å². The number of para-hydroxylation sites is 1. The lowest BCUT2D eigenvalue weighted by Gasteiger charge is -2.28. The Morgan fingerprint density at radius 3 is 3.05 bits per heavy atom. The number of hydrogen-bond acceptors (Lipinski definition) is 3. The number of ether oxygens (including phenoxy) is 1. The number of benzene rings is 1. The Hall–Kier alpha value is -1.65. The van der Waals surface area contributed by atoms with Crippen molar-refractivity contribution in [2.75, 3.05) is 6.61 Å². The van der Waals surface area contributed by atoms with Gasteiger partial charge in [0.15, 0.2) is 0 Å². The van der Waals surface area contributed by atoms with E-state index in [1.165, 1.54) is 5.56 Å². The minimum atomic E-state index is 0.364. The van der Waals surface area contributed by atoms with Crippen LogP contribution in [0.5, 0.6) is 0 Å². The van der Waals surface area contributed by atoms with Crippen molar-refractivity contribution in [1.29, 1.82) is 0 Å². The van der Waals surface area contributed by atoms with Gasteiger partial charge in [0.2, 0.25) is 0 Å². The number of nitrogens with one attached hydrogen (secondary N) is 1. The van der Waals surface area contributed by atoms with Crippen LogP contribution in [0.4, 0.5) is 0 Å². The van der Waals surface area contributed by atoms with Gasteiger partial charge in [0.25, 0.3) is 0 Å². The SMILES string of the molecule is CC1CC(NCc2ccccc2-n2cccn2)CCO1. The smallest absolute Gasteiger partial charge is 0.0690 e. The third kappa shape index (κ3) is 3.08. The fraction of sp³-hybridized carbons (Fsp3) is 0.438. The van der Waals surface area contributed by atoms with E-state index in [1.807, 2.05) is 23.1 Å². The molecule has 2 heterocycles. The maximum absolute atomic E-state index is 5.59. The van der Waals surface area contributed by atoms with Crippen molar-refractivity contribution in [2.45, 2.75) is 38.5 Å². The lowest BCUT2D eigenvalue weighted by Crippen LogP contribution is -2.37. The highest BCUT2D eigenvalue weighted by Crippen LogP contribution is 2.16. The molecule has 2 unspecified atom stereocenters. The lowest BCUT2D eigenvalue weighted by atomic mass is 10.0. The van der Waals surface area contributed by atoms with Gasteiger partial charge in [-0.05, 0) is 37.5 Å². The van der Waals surface area contributed by atoms with Crippen LogP contribution in [0.3, 0.4) is 0 Å². The van der Waals surface area contributed by atoms with Crippen molar-refractivity contribution in [3.05, 3.63) is 48.3 Å². The van der Waals surface area contributed by atoms with Crippen molar-refractivity contribution in [2.24, 2.45) is 0 Å². The van der Waals surface area contributed by atoms with E-state index in [0.717, 1.165) is 31.7 Å². The summed E-state index contributed by atoms with van der Waals surface area (Å²) in [6.07, 6.45) is 6.33. The second kappa shape index (κ2) is 6.20. The first-order valence-corrected chi connectivity index (χ1v) is 7.26. The van der Waals surface area contributed by atoms with E-state index < -0.39 is 0 Å². The predicted octanol–water partition coefficient (Wildman–Crippen LogP) is 2.53.